The van der Waals surface area contributed by atoms with Gasteiger partial charge < -0.3 is 15.2 Å². The first-order chi connectivity index (χ1) is 12.1. The van der Waals surface area contributed by atoms with Crippen LogP contribution >= 0.6 is 11.6 Å². The van der Waals surface area contributed by atoms with Gasteiger partial charge in [0.25, 0.3) is 0 Å². The highest BCUT2D eigenvalue weighted by Crippen LogP contribution is 2.42. The number of halogens is 1. The second-order valence-corrected chi connectivity index (χ2v) is 7.08. The zero-order valence-corrected chi connectivity index (χ0v) is 14.6. The molecule has 0 saturated carbocycles. The van der Waals surface area contributed by atoms with Crippen molar-refractivity contribution < 1.29 is 10.2 Å². The summed E-state index contributed by atoms with van der Waals surface area (Å²) in [5, 5.41) is 22.3. The third kappa shape index (κ3) is 2.96. The number of phenolic OH excluding ortho intramolecular Hbond substituents is 2. The highest BCUT2D eigenvalue weighted by molar-refractivity contribution is 6.31. The van der Waals surface area contributed by atoms with Gasteiger partial charge in [-0.05, 0) is 49.7 Å². The summed E-state index contributed by atoms with van der Waals surface area (Å²) in [6.45, 7) is 1.94. The fourth-order valence-corrected chi connectivity index (χ4v) is 4.03. The van der Waals surface area contributed by atoms with Crippen LogP contribution in [-0.2, 0) is 0 Å². The predicted molar refractivity (Wildman–Crippen MR) is 100 cm³/mol. The van der Waals surface area contributed by atoms with Gasteiger partial charge >= 0.3 is 0 Å². The van der Waals surface area contributed by atoms with Crippen LogP contribution in [0.25, 0.3) is 10.9 Å². The summed E-state index contributed by atoms with van der Waals surface area (Å²) in [5.74, 6) is -0.121. The molecule has 130 valence electrons. The van der Waals surface area contributed by atoms with Crippen LogP contribution in [-0.4, -0.2) is 33.2 Å². The number of aromatic hydroxyl groups is 2. The number of phenols is 2. The van der Waals surface area contributed by atoms with Crippen LogP contribution in [0.2, 0.25) is 5.02 Å². The van der Waals surface area contributed by atoms with E-state index in [4.69, 9.17) is 11.6 Å². The van der Waals surface area contributed by atoms with Gasteiger partial charge in [0.05, 0.1) is 6.04 Å². The standard InChI is InChI=1S/C20H21ClN2O2/c21-13-7-8-14-16(12-22-17(14)11-13)19(23-9-2-1-3-10-23)15-5-4-6-18(24)20(15)25/h4-8,11-12,19,22,24-25H,1-3,9-10H2. The number of rotatable bonds is 3. The first-order valence-electron chi connectivity index (χ1n) is 8.66. The van der Waals surface area contributed by atoms with Gasteiger partial charge in [0.15, 0.2) is 11.5 Å². The van der Waals surface area contributed by atoms with Crippen LogP contribution < -0.4 is 0 Å². The van der Waals surface area contributed by atoms with Crippen molar-refractivity contribution >= 4 is 22.5 Å². The Bertz CT molecular complexity index is 900. The Morgan fingerprint density at radius 1 is 1.00 bits per heavy atom. The van der Waals surface area contributed by atoms with Gasteiger partial charge in [-0.3, -0.25) is 4.90 Å². The summed E-state index contributed by atoms with van der Waals surface area (Å²) in [6, 6.07) is 10.9. The van der Waals surface area contributed by atoms with Crippen molar-refractivity contribution in [1.29, 1.82) is 0 Å². The van der Waals surface area contributed by atoms with Gasteiger partial charge in [-0.15, -0.1) is 0 Å². The molecule has 1 fully saturated rings. The van der Waals surface area contributed by atoms with Gasteiger partial charge in [0.1, 0.15) is 0 Å². The molecule has 0 bridgehead atoms. The van der Waals surface area contributed by atoms with E-state index >= 15 is 0 Å². The van der Waals surface area contributed by atoms with E-state index in [-0.39, 0.29) is 17.5 Å². The van der Waals surface area contributed by atoms with E-state index in [0.29, 0.717) is 5.02 Å². The summed E-state index contributed by atoms with van der Waals surface area (Å²) in [5.41, 5.74) is 2.80. The predicted octanol–water partition coefficient (Wildman–Crippen LogP) is 4.81. The Morgan fingerprint density at radius 2 is 1.80 bits per heavy atom. The van der Waals surface area contributed by atoms with Gasteiger partial charge in [-0.1, -0.05) is 36.2 Å². The lowest BCUT2D eigenvalue weighted by molar-refractivity contribution is 0.185. The van der Waals surface area contributed by atoms with E-state index in [1.165, 1.54) is 12.5 Å². The number of hydrogen-bond acceptors (Lipinski definition) is 3. The zero-order valence-electron chi connectivity index (χ0n) is 13.9. The monoisotopic (exact) mass is 356 g/mol. The second-order valence-electron chi connectivity index (χ2n) is 6.65. The summed E-state index contributed by atoms with van der Waals surface area (Å²) >= 11 is 6.12. The van der Waals surface area contributed by atoms with Crippen LogP contribution in [0.3, 0.4) is 0 Å². The van der Waals surface area contributed by atoms with E-state index in [9.17, 15) is 10.2 Å². The zero-order chi connectivity index (χ0) is 17.4. The summed E-state index contributed by atoms with van der Waals surface area (Å²) in [6.07, 6.45) is 5.51. The maximum absolute atomic E-state index is 10.5. The lowest BCUT2D eigenvalue weighted by atomic mass is 9.93. The number of para-hydroxylation sites is 1. The summed E-state index contributed by atoms with van der Waals surface area (Å²) in [4.78, 5) is 5.68. The van der Waals surface area contributed by atoms with Crippen molar-refractivity contribution in [1.82, 2.24) is 9.88 Å². The number of nitrogens with one attached hydrogen (secondary N) is 1. The number of aromatic amines is 1. The third-order valence-electron chi connectivity index (χ3n) is 5.07. The Labute approximate surface area is 151 Å². The van der Waals surface area contributed by atoms with Gasteiger partial charge in [0.2, 0.25) is 0 Å². The average molecular weight is 357 g/mol. The highest BCUT2D eigenvalue weighted by atomic mass is 35.5. The van der Waals surface area contributed by atoms with E-state index in [1.54, 1.807) is 6.07 Å². The molecule has 0 spiro atoms. The Morgan fingerprint density at radius 3 is 2.60 bits per heavy atom. The Kier molecular flexibility index (Phi) is 4.32. The molecule has 4 rings (SSSR count). The highest BCUT2D eigenvalue weighted by Gasteiger charge is 2.29. The summed E-state index contributed by atoms with van der Waals surface area (Å²) < 4.78 is 0. The molecule has 1 atom stereocenters. The number of fused-ring (bicyclic) bond motifs is 1. The molecule has 2 heterocycles. The van der Waals surface area contributed by atoms with Gasteiger partial charge in [-0.25, -0.2) is 0 Å². The van der Waals surface area contributed by atoms with Crippen LogP contribution in [0.1, 0.15) is 36.4 Å². The van der Waals surface area contributed by atoms with Crippen molar-refractivity contribution in [3.8, 4) is 11.5 Å². The van der Waals surface area contributed by atoms with Crippen molar-refractivity contribution in [2.45, 2.75) is 25.3 Å². The SMILES string of the molecule is Oc1cccc(C(c2c[nH]c3cc(Cl)ccc23)N2CCCCC2)c1O. The number of H-pyrrole nitrogens is 1. The van der Waals surface area contributed by atoms with Crippen molar-refractivity contribution in [3.63, 3.8) is 0 Å². The van der Waals surface area contributed by atoms with Crippen molar-refractivity contribution in [2.75, 3.05) is 13.1 Å². The maximum Gasteiger partial charge on any atom is 0.162 e. The molecule has 0 radical (unpaired) electrons. The lowest BCUT2D eigenvalue weighted by Crippen LogP contribution is -2.34. The lowest BCUT2D eigenvalue weighted by Gasteiger charge is -2.35. The van der Waals surface area contributed by atoms with Gasteiger partial charge in [-0.2, -0.15) is 0 Å². The minimum atomic E-state index is -0.109. The first-order valence-corrected chi connectivity index (χ1v) is 9.04. The average Bonchev–Trinajstić information content (AvgIpc) is 3.03. The molecule has 1 aromatic heterocycles. The molecule has 0 aliphatic carbocycles. The molecule has 2 aromatic carbocycles. The quantitative estimate of drug-likeness (QED) is 0.590. The number of benzene rings is 2. The molecule has 4 nitrogen and oxygen atoms in total. The molecule has 5 heteroatoms. The topological polar surface area (TPSA) is 59.5 Å². The smallest absolute Gasteiger partial charge is 0.162 e. The molecule has 1 saturated heterocycles. The van der Waals surface area contributed by atoms with E-state index in [1.807, 2.05) is 30.5 Å². The molecule has 1 aliphatic rings. The number of nitrogens with zero attached hydrogens (tertiary/aromatic N) is 1. The summed E-state index contributed by atoms with van der Waals surface area (Å²) in [7, 11) is 0. The molecule has 0 amide bonds. The van der Waals surface area contributed by atoms with Crippen LogP contribution in [0.5, 0.6) is 11.5 Å². The van der Waals surface area contributed by atoms with Crippen LogP contribution in [0, 0.1) is 0 Å². The first kappa shape index (κ1) is 16.3. The maximum atomic E-state index is 10.5. The number of aromatic nitrogens is 1. The third-order valence-corrected chi connectivity index (χ3v) is 5.30. The Balaban J connectivity index is 1.88. The molecular weight excluding hydrogens is 336 g/mol. The number of likely N-dealkylation sites (tertiary alicyclic amines) is 1. The normalized spacial score (nSPS) is 17.0. The minimum Gasteiger partial charge on any atom is -0.504 e. The Hall–Kier alpha value is -2.17. The van der Waals surface area contributed by atoms with Crippen molar-refractivity contribution in [3.05, 3.63) is 58.7 Å². The fraction of sp³-hybridized carbons (Fsp3) is 0.300. The molecule has 1 aliphatic heterocycles. The van der Waals surface area contributed by atoms with Crippen LogP contribution in [0.4, 0.5) is 0 Å². The number of hydrogen-bond donors (Lipinski definition) is 3. The van der Waals surface area contributed by atoms with E-state index in [0.717, 1.165) is 48.0 Å². The largest absolute Gasteiger partial charge is 0.504 e. The van der Waals surface area contributed by atoms with Gasteiger partial charge in [0, 0.05) is 27.7 Å². The molecule has 1 unspecified atom stereocenters. The van der Waals surface area contributed by atoms with Crippen molar-refractivity contribution in [2.24, 2.45) is 0 Å². The molecule has 3 aromatic rings. The van der Waals surface area contributed by atoms with E-state index in [2.05, 4.69) is 9.88 Å². The molecule has 3 N–H and O–H groups in total. The number of piperidine rings is 1. The van der Waals surface area contributed by atoms with E-state index < -0.39 is 0 Å². The second kappa shape index (κ2) is 6.62. The molecule has 25 heavy (non-hydrogen) atoms. The fourth-order valence-electron chi connectivity index (χ4n) is 3.85. The minimum absolute atomic E-state index is 0.0404. The molecular formula is C20H21ClN2O2. The van der Waals surface area contributed by atoms with Crippen LogP contribution in [0.15, 0.2) is 42.6 Å².